The molecule has 2 unspecified atom stereocenters. The van der Waals surface area contributed by atoms with Crippen LogP contribution in [0.1, 0.15) is 56.9 Å². The van der Waals surface area contributed by atoms with Crippen molar-refractivity contribution in [3.05, 3.63) is 29.8 Å². The van der Waals surface area contributed by atoms with Gasteiger partial charge in [-0.15, -0.1) is 0 Å². The second kappa shape index (κ2) is 5.54. The molecule has 19 heavy (non-hydrogen) atoms. The van der Waals surface area contributed by atoms with Crippen LogP contribution in [0, 0.1) is 0 Å². The SMILES string of the molecule is CC(N)CC1CN(C2CCCCC2)c2ccccc21. The fourth-order valence-corrected chi connectivity index (χ4v) is 3.92. The van der Waals surface area contributed by atoms with Crippen LogP contribution in [0.2, 0.25) is 0 Å². The monoisotopic (exact) mass is 258 g/mol. The number of hydrogen-bond acceptors (Lipinski definition) is 2. The summed E-state index contributed by atoms with van der Waals surface area (Å²) in [5.74, 6) is 0.637. The molecule has 2 aliphatic rings. The molecule has 2 N–H and O–H groups in total. The lowest BCUT2D eigenvalue weighted by Gasteiger charge is -2.33. The van der Waals surface area contributed by atoms with Crippen molar-refractivity contribution in [3.8, 4) is 0 Å². The first-order valence-electron chi connectivity index (χ1n) is 7.87. The molecule has 104 valence electrons. The average molecular weight is 258 g/mol. The lowest BCUT2D eigenvalue weighted by molar-refractivity contribution is 0.411. The first-order valence-corrected chi connectivity index (χ1v) is 7.87. The van der Waals surface area contributed by atoms with Crippen molar-refractivity contribution in [2.45, 2.75) is 63.5 Å². The number of hydrogen-bond donors (Lipinski definition) is 1. The Kier molecular flexibility index (Phi) is 3.79. The maximum Gasteiger partial charge on any atom is 0.0405 e. The van der Waals surface area contributed by atoms with E-state index in [9.17, 15) is 0 Å². The summed E-state index contributed by atoms with van der Waals surface area (Å²) in [5, 5.41) is 0. The third-order valence-electron chi connectivity index (χ3n) is 4.77. The third-order valence-corrected chi connectivity index (χ3v) is 4.77. The van der Waals surface area contributed by atoms with E-state index in [4.69, 9.17) is 5.73 Å². The van der Waals surface area contributed by atoms with E-state index in [1.165, 1.54) is 49.9 Å². The highest BCUT2D eigenvalue weighted by Crippen LogP contribution is 2.41. The standard InChI is InChI=1S/C17H26N2/c1-13(18)11-14-12-19(15-7-3-2-4-8-15)17-10-6-5-9-16(14)17/h5-6,9-10,13-15H,2-4,7-8,11-12,18H2,1H3. The predicted octanol–water partition coefficient (Wildman–Crippen LogP) is 3.66. The number of fused-ring (bicyclic) bond motifs is 1. The molecule has 1 heterocycles. The van der Waals surface area contributed by atoms with Crippen molar-refractivity contribution < 1.29 is 0 Å². The molecular weight excluding hydrogens is 232 g/mol. The number of nitrogens with zero attached hydrogens (tertiary/aromatic N) is 1. The summed E-state index contributed by atoms with van der Waals surface area (Å²) in [4.78, 5) is 2.68. The molecule has 2 heteroatoms. The summed E-state index contributed by atoms with van der Waals surface area (Å²) < 4.78 is 0. The normalized spacial score (nSPS) is 25.4. The highest BCUT2D eigenvalue weighted by molar-refractivity contribution is 5.61. The van der Waals surface area contributed by atoms with Gasteiger partial charge in [0.25, 0.3) is 0 Å². The number of anilines is 1. The van der Waals surface area contributed by atoms with Gasteiger partial charge in [-0.2, -0.15) is 0 Å². The topological polar surface area (TPSA) is 29.3 Å². The van der Waals surface area contributed by atoms with Gasteiger partial charge in [-0.25, -0.2) is 0 Å². The number of rotatable bonds is 3. The first-order chi connectivity index (χ1) is 9.25. The quantitative estimate of drug-likeness (QED) is 0.896. The Morgan fingerprint density at radius 1 is 1.21 bits per heavy atom. The molecule has 1 aliphatic carbocycles. The van der Waals surface area contributed by atoms with E-state index in [0.29, 0.717) is 12.0 Å². The molecule has 0 amide bonds. The highest BCUT2D eigenvalue weighted by atomic mass is 15.2. The van der Waals surface area contributed by atoms with E-state index in [1.54, 1.807) is 0 Å². The predicted molar refractivity (Wildman–Crippen MR) is 81.7 cm³/mol. The van der Waals surface area contributed by atoms with E-state index in [-0.39, 0.29) is 0 Å². The van der Waals surface area contributed by atoms with Crippen LogP contribution in [0.25, 0.3) is 0 Å². The van der Waals surface area contributed by atoms with E-state index in [2.05, 4.69) is 36.1 Å². The smallest absolute Gasteiger partial charge is 0.0405 e. The molecule has 3 rings (SSSR count). The molecule has 2 nitrogen and oxygen atoms in total. The van der Waals surface area contributed by atoms with Gasteiger partial charge in [-0.05, 0) is 37.8 Å². The largest absolute Gasteiger partial charge is 0.368 e. The summed E-state index contributed by atoms with van der Waals surface area (Å²) in [6.45, 7) is 3.32. The van der Waals surface area contributed by atoms with Crippen molar-refractivity contribution in [3.63, 3.8) is 0 Å². The first kappa shape index (κ1) is 13.0. The molecule has 0 radical (unpaired) electrons. The molecule has 2 atom stereocenters. The number of nitrogens with two attached hydrogens (primary N) is 1. The summed E-state index contributed by atoms with van der Waals surface area (Å²) in [7, 11) is 0. The molecular formula is C17H26N2. The minimum Gasteiger partial charge on any atom is -0.368 e. The third kappa shape index (κ3) is 2.64. The van der Waals surface area contributed by atoms with Crippen molar-refractivity contribution in [2.75, 3.05) is 11.4 Å². The van der Waals surface area contributed by atoms with Crippen molar-refractivity contribution in [2.24, 2.45) is 5.73 Å². The Labute approximate surface area is 117 Å². The Morgan fingerprint density at radius 3 is 2.68 bits per heavy atom. The van der Waals surface area contributed by atoms with Gasteiger partial charge in [0.1, 0.15) is 0 Å². The lowest BCUT2D eigenvalue weighted by Crippen LogP contribution is -2.36. The minimum atomic E-state index is 0.296. The molecule has 1 fully saturated rings. The van der Waals surface area contributed by atoms with Crippen LogP contribution in [0.15, 0.2) is 24.3 Å². The summed E-state index contributed by atoms with van der Waals surface area (Å²) in [5.41, 5.74) is 9.05. The van der Waals surface area contributed by atoms with Crippen LogP contribution in [0.5, 0.6) is 0 Å². The average Bonchev–Trinajstić information content (AvgIpc) is 2.78. The number of para-hydroxylation sites is 1. The van der Waals surface area contributed by atoms with E-state index in [0.717, 1.165) is 12.5 Å². The lowest BCUT2D eigenvalue weighted by atomic mass is 9.94. The van der Waals surface area contributed by atoms with Gasteiger partial charge < -0.3 is 10.6 Å². The van der Waals surface area contributed by atoms with E-state index in [1.807, 2.05) is 0 Å². The van der Waals surface area contributed by atoms with Crippen molar-refractivity contribution >= 4 is 5.69 Å². The summed E-state index contributed by atoms with van der Waals surface area (Å²) in [6, 6.07) is 10.0. The van der Waals surface area contributed by atoms with Crippen LogP contribution in [-0.2, 0) is 0 Å². The molecule has 0 saturated heterocycles. The van der Waals surface area contributed by atoms with Crippen LogP contribution in [0.3, 0.4) is 0 Å². The maximum absolute atomic E-state index is 6.03. The zero-order valence-electron chi connectivity index (χ0n) is 12.0. The zero-order valence-corrected chi connectivity index (χ0v) is 12.0. The summed E-state index contributed by atoms with van der Waals surface area (Å²) in [6.07, 6.45) is 8.09. The zero-order chi connectivity index (χ0) is 13.2. The molecule has 0 spiro atoms. The fourth-order valence-electron chi connectivity index (χ4n) is 3.92. The minimum absolute atomic E-state index is 0.296. The van der Waals surface area contributed by atoms with Crippen LogP contribution in [-0.4, -0.2) is 18.6 Å². The van der Waals surface area contributed by atoms with Gasteiger partial charge in [0.05, 0.1) is 0 Å². The second-order valence-electron chi connectivity index (χ2n) is 6.41. The van der Waals surface area contributed by atoms with Gasteiger partial charge in [0, 0.05) is 30.2 Å². The highest BCUT2D eigenvalue weighted by Gasteiger charge is 2.33. The molecule has 0 aromatic heterocycles. The van der Waals surface area contributed by atoms with Gasteiger partial charge in [0.2, 0.25) is 0 Å². The Morgan fingerprint density at radius 2 is 1.95 bits per heavy atom. The van der Waals surface area contributed by atoms with Gasteiger partial charge >= 0.3 is 0 Å². The maximum atomic E-state index is 6.03. The van der Waals surface area contributed by atoms with E-state index >= 15 is 0 Å². The van der Waals surface area contributed by atoms with Gasteiger partial charge in [0.15, 0.2) is 0 Å². The summed E-state index contributed by atoms with van der Waals surface area (Å²) >= 11 is 0. The van der Waals surface area contributed by atoms with Gasteiger partial charge in [-0.3, -0.25) is 0 Å². The molecule has 1 aliphatic heterocycles. The van der Waals surface area contributed by atoms with Gasteiger partial charge in [-0.1, -0.05) is 37.5 Å². The molecule has 1 saturated carbocycles. The van der Waals surface area contributed by atoms with Crippen LogP contribution < -0.4 is 10.6 Å². The van der Waals surface area contributed by atoms with Crippen LogP contribution in [0.4, 0.5) is 5.69 Å². The molecule has 1 aromatic carbocycles. The fraction of sp³-hybridized carbons (Fsp3) is 0.647. The molecule has 1 aromatic rings. The van der Waals surface area contributed by atoms with Crippen LogP contribution >= 0.6 is 0 Å². The van der Waals surface area contributed by atoms with E-state index < -0.39 is 0 Å². The Balaban J connectivity index is 1.83. The number of benzene rings is 1. The Hall–Kier alpha value is -1.02. The molecule has 0 bridgehead atoms. The van der Waals surface area contributed by atoms with Crippen molar-refractivity contribution in [1.29, 1.82) is 0 Å². The van der Waals surface area contributed by atoms with Crippen molar-refractivity contribution in [1.82, 2.24) is 0 Å². The second-order valence-corrected chi connectivity index (χ2v) is 6.41. The Bertz CT molecular complexity index is 421.